The molecule has 0 aliphatic carbocycles. The Morgan fingerprint density at radius 3 is 2.52 bits per heavy atom. The standard InChI is InChI=1S/C13H7F3N2O4S/c14-7-2-3-8(12(16)11(7)15)18-23(20,21)6-1-4-10-9(5-6)17-13(19)22-10/h1-5,18H,(H,17,19). The van der Waals surface area contributed by atoms with E-state index in [0.717, 1.165) is 18.2 Å². The van der Waals surface area contributed by atoms with Gasteiger partial charge in [0, 0.05) is 0 Å². The van der Waals surface area contributed by atoms with Crippen LogP contribution in [0.3, 0.4) is 0 Å². The zero-order valence-corrected chi connectivity index (χ0v) is 11.9. The van der Waals surface area contributed by atoms with E-state index in [4.69, 9.17) is 4.42 Å². The van der Waals surface area contributed by atoms with E-state index < -0.39 is 38.9 Å². The molecule has 0 atom stereocenters. The fourth-order valence-corrected chi connectivity index (χ4v) is 2.99. The lowest BCUT2D eigenvalue weighted by Gasteiger charge is -2.09. The van der Waals surface area contributed by atoms with Gasteiger partial charge in [0.2, 0.25) is 0 Å². The maximum absolute atomic E-state index is 13.6. The molecule has 0 fully saturated rings. The van der Waals surface area contributed by atoms with E-state index in [-0.39, 0.29) is 16.0 Å². The molecule has 6 nitrogen and oxygen atoms in total. The van der Waals surface area contributed by atoms with Crippen molar-refractivity contribution in [3.05, 3.63) is 58.3 Å². The molecular formula is C13H7F3N2O4S. The summed E-state index contributed by atoms with van der Waals surface area (Å²) in [7, 11) is -4.29. The molecule has 10 heteroatoms. The van der Waals surface area contributed by atoms with Gasteiger partial charge in [-0.3, -0.25) is 9.71 Å². The number of rotatable bonds is 3. The summed E-state index contributed by atoms with van der Waals surface area (Å²) >= 11 is 0. The summed E-state index contributed by atoms with van der Waals surface area (Å²) in [6.45, 7) is 0. The molecule has 1 heterocycles. The van der Waals surface area contributed by atoms with E-state index in [1.807, 2.05) is 4.72 Å². The van der Waals surface area contributed by atoms with Gasteiger partial charge < -0.3 is 4.42 Å². The Labute approximate surface area is 126 Å². The summed E-state index contributed by atoms with van der Waals surface area (Å²) in [5.74, 6) is -5.66. The first-order valence-corrected chi connectivity index (χ1v) is 7.55. The van der Waals surface area contributed by atoms with Crippen LogP contribution < -0.4 is 10.5 Å². The second-order valence-electron chi connectivity index (χ2n) is 4.50. The molecule has 3 aromatic rings. The molecule has 120 valence electrons. The van der Waals surface area contributed by atoms with Crippen molar-refractivity contribution in [2.45, 2.75) is 4.90 Å². The Kier molecular flexibility index (Phi) is 3.40. The molecule has 0 saturated heterocycles. The maximum atomic E-state index is 13.6. The highest BCUT2D eigenvalue weighted by atomic mass is 32.2. The third-order valence-corrected chi connectivity index (χ3v) is 4.34. The first-order valence-electron chi connectivity index (χ1n) is 6.07. The second kappa shape index (κ2) is 5.16. The fraction of sp³-hybridized carbons (Fsp3) is 0. The zero-order chi connectivity index (χ0) is 16.8. The topological polar surface area (TPSA) is 92.2 Å². The van der Waals surface area contributed by atoms with Gasteiger partial charge in [-0.25, -0.2) is 26.4 Å². The molecule has 0 radical (unpaired) electrons. The number of oxazole rings is 1. The third-order valence-electron chi connectivity index (χ3n) is 2.98. The molecule has 3 rings (SSSR count). The van der Waals surface area contributed by atoms with Gasteiger partial charge in [-0.2, -0.15) is 0 Å². The van der Waals surface area contributed by atoms with Crippen molar-refractivity contribution in [1.29, 1.82) is 0 Å². The van der Waals surface area contributed by atoms with Crippen LogP contribution in [0.2, 0.25) is 0 Å². The summed E-state index contributed by atoms with van der Waals surface area (Å²) in [5, 5.41) is 0. The lowest BCUT2D eigenvalue weighted by molar-refractivity contribution is 0.449. The van der Waals surface area contributed by atoms with E-state index in [0.29, 0.717) is 6.07 Å². The Hall–Kier alpha value is -2.75. The van der Waals surface area contributed by atoms with E-state index in [2.05, 4.69) is 4.98 Å². The maximum Gasteiger partial charge on any atom is 0.417 e. The Bertz CT molecular complexity index is 1070. The molecule has 2 N–H and O–H groups in total. The number of nitrogens with one attached hydrogen (secondary N) is 2. The SMILES string of the molecule is O=c1[nH]c2cc(S(=O)(=O)Nc3ccc(F)c(F)c3F)ccc2o1. The van der Waals surface area contributed by atoms with Crippen LogP contribution in [0.15, 0.2) is 44.4 Å². The molecule has 23 heavy (non-hydrogen) atoms. The molecule has 0 aliphatic heterocycles. The highest BCUT2D eigenvalue weighted by Crippen LogP contribution is 2.24. The van der Waals surface area contributed by atoms with E-state index >= 15 is 0 Å². The van der Waals surface area contributed by atoms with Gasteiger partial charge in [0.15, 0.2) is 23.0 Å². The summed E-state index contributed by atoms with van der Waals surface area (Å²) in [4.78, 5) is 13.0. The minimum absolute atomic E-state index is 0.114. The van der Waals surface area contributed by atoms with Gasteiger partial charge in [-0.1, -0.05) is 0 Å². The number of halogens is 3. The molecule has 0 unspecified atom stereocenters. The molecule has 0 spiro atoms. The normalized spacial score (nSPS) is 11.8. The van der Waals surface area contributed by atoms with Crippen LogP contribution in [0, 0.1) is 17.5 Å². The Morgan fingerprint density at radius 1 is 1.04 bits per heavy atom. The van der Waals surface area contributed by atoms with Crippen LogP contribution in [-0.2, 0) is 10.0 Å². The summed E-state index contributed by atoms with van der Waals surface area (Å²) in [5.41, 5.74) is -0.499. The van der Waals surface area contributed by atoms with Crippen molar-refractivity contribution >= 4 is 26.8 Å². The van der Waals surface area contributed by atoms with Crippen molar-refractivity contribution < 1.29 is 26.0 Å². The number of fused-ring (bicyclic) bond motifs is 1. The van der Waals surface area contributed by atoms with Crippen molar-refractivity contribution in [1.82, 2.24) is 4.98 Å². The predicted molar refractivity (Wildman–Crippen MR) is 74.0 cm³/mol. The Morgan fingerprint density at radius 2 is 1.78 bits per heavy atom. The van der Waals surface area contributed by atoms with Gasteiger partial charge >= 0.3 is 5.76 Å². The summed E-state index contributed by atoms with van der Waals surface area (Å²) in [6, 6.07) is 4.76. The lowest BCUT2D eigenvalue weighted by Crippen LogP contribution is -2.14. The minimum Gasteiger partial charge on any atom is -0.408 e. The highest BCUT2D eigenvalue weighted by molar-refractivity contribution is 7.92. The van der Waals surface area contributed by atoms with Crippen LogP contribution in [0.25, 0.3) is 11.1 Å². The molecule has 0 aliphatic rings. The number of sulfonamides is 1. The zero-order valence-electron chi connectivity index (χ0n) is 11.1. The van der Waals surface area contributed by atoms with E-state index in [1.165, 1.54) is 6.07 Å². The van der Waals surface area contributed by atoms with Crippen LogP contribution in [0.5, 0.6) is 0 Å². The van der Waals surface area contributed by atoms with Crippen molar-refractivity contribution in [2.24, 2.45) is 0 Å². The Balaban J connectivity index is 2.03. The quantitative estimate of drug-likeness (QED) is 0.714. The average molecular weight is 344 g/mol. The highest BCUT2D eigenvalue weighted by Gasteiger charge is 2.20. The monoisotopic (exact) mass is 344 g/mol. The van der Waals surface area contributed by atoms with Crippen molar-refractivity contribution in [3.8, 4) is 0 Å². The van der Waals surface area contributed by atoms with Crippen LogP contribution in [0.1, 0.15) is 0 Å². The van der Waals surface area contributed by atoms with Crippen molar-refractivity contribution in [3.63, 3.8) is 0 Å². The number of aromatic nitrogens is 1. The number of H-pyrrole nitrogens is 1. The molecule has 0 bridgehead atoms. The molecular weight excluding hydrogens is 337 g/mol. The number of benzene rings is 2. The van der Waals surface area contributed by atoms with Gasteiger partial charge in [0.25, 0.3) is 10.0 Å². The van der Waals surface area contributed by atoms with Crippen LogP contribution >= 0.6 is 0 Å². The van der Waals surface area contributed by atoms with Crippen LogP contribution in [-0.4, -0.2) is 13.4 Å². The smallest absolute Gasteiger partial charge is 0.408 e. The largest absolute Gasteiger partial charge is 0.417 e. The van der Waals surface area contributed by atoms with Gasteiger partial charge in [-0.15, -0.1) is 0 Å². The van der Waals surface area contributed by atoms with E-state index in [9.17, 15) is 26.4 Å². The first-order chi connectivity index (χ1) is 10.8. The van der Waals surface area contributed by atoms with Gasteiger partial charge in [0.1, 0.15) is 0 Å². The number of anilines is 1. The average Bonchev–Trinajstić information content (AvgIpc) is 2.87. The minimum atomic E-state index is -4.29. The fourth-order valence-electron chi connectivity index (χ4n) is 1.91. The van der Waals surface area contributed by atoms with Gasteiger partial charge in [0.05, 0.1) is 16.1 Å². The summed E-state index contributed by atoms with van der Waals surface area (Å²) in [6.07, 6.45) is 0. The summed E-state index contributed by atoms with van der Waals surface area (Å²) < 4.78 is 70.5. The lowest BCUT2D eigenvalue weighted by atomic mass is 10.3. The van der Waals surface area contributed by atoms with Crippen molar-refractivity contribution in [2.75, 3.05) is 4.72 Å². The molecule has 0 amide bonds. The molecule has 0 saturated carbocycles. The van der Waals surface area contributed by atoms with Gasteiger partial charge in [-0.05, 0) is 30.3 Å². The number of aromatic amines is 1. The van der Waals surface area contributed by atoms with E-state index in [1.54, 1.807) is 0 Å². The second-order valence-corrected chi connectivity index (χ2v) is 6.18. The number of hydrogen-bond donors (Lipinski definition) is 2. The molecule has 2 aromatic carbocycles. The molecule has 1 aromatic heterocycles. The number of hydrogen-bond acceptors (Lipinski definition) is 4. The van der Waals surface area contributed by atoms with Crippen LogP contribution in [0.4, 0.5) is 18.9 Å². The first kappa shape index (κ1) is 15.2. The third kappa shape index (κ3) is 2.68. The predicted octanol–water partition coefficient (Wildman–Crippen LogP) is 2.34.